The number of aromatic nitrogens is 2. The van der Waals surface area contributed by atoms with E-state index in [9.17, 15) is 4.79 Å². The summed E-state index contributed by atoms with van der Waals surface area (Å²) < 4.78 is 11.2. The number of para-hydroxylation sites is 1. The topological polar surface area (TPSA) is 73.3 Å². The van der Waals surface area contributed by atoms with Crippen molar-refractivity contribution in [2.24, 2.45) is 0 Å². The summed E-state index contributed by atoms with van der Waals surface area (Å²) in [5.74, 6) is 2.22. The van der Waals surface area contributed by atoms with E-state index in [-0.39, 0.29) is 11.9 Å². The van der Waals surface area contributed by atoms with Crippen molar-refractivity contribution in [3.05, 3.63) is 53.6 Å². The molecule has 1 aliphatic heterocycles. The molecule has 4 rings (SSSR count). The first kappa shape index (κ1) is 20.6. The zero-order valence-electron chi connectivity index (χ0n) is 17.2. The van der Waals surface area contributed by atoms with Gasteiger partial charge in [-0.05, 0) is 50.1 Å². The summed E-state index contributed by atoms with van der Waals surface area (Å²) in [6.45, 7) is 3.13. The second kappa shape index (κ2) is 9.45. The van der Waals surface area contributed by atoms with Gasteiger partial charge in [0.1, 0.15) is 11.6 Å². The van der Waals surface area contributed by atoms with Crippen LogP contribution in [-0.2, 0) is 10.5 Å². The van der Waals surface area contributed by atoms with Crippen LogP contribution >= 0.6 is 11.8 Å². The van der Waals surface area contributed by atoms with Crippen LogP contribution < -0.4 is 10.1 Å². The van der Waals surface area contributed by atoms with Gasteiger partial charge in [-0.15, -0.1) is 0 Å². The molecule has 1 aliphatic rings. The highest BCUT2D eigenvalue weighted by molar-refractivity contribution is 7.98. The third kappa shape index (κ3) is 4.74. The Morgan fingerprint density at radius 2 is 2.13 bits per heavy atom. The monoisotopic (exact) mass is 423 g/mol. The van der Waals surface area contributed by atoms with E-state index in [1.165, 1.54) is 11.8 Å². The Morgan fingerprint density at radius 3 is 2.90 bits per heavy atom. The number of Topliss-reactive ketones (excluding diaryl/α,β-unsaturated/α-hetero) is 1. The number of hydrogen-bond acceptors (Lipinski definition) is 7. The van der Waals surface area contributed by atoms with Crippen LogP contribution in [0.2, 0.25) is 0 Å². The average molecular weight is 424 g/mol. The van der Waals surface area contributed by atoms with E-state index < -0.39 is 0 Å². The summed E-state index contributed by atoms with van der Waals surface area (Å²) in [6, 6.07) is 13.5. The fourth-order valence-corrected chi connectivity index (χ4v) is 4.35. The fourth-order valence-electron chi connectivity index (χ4n) is 3.52. The smallest absolute Gasteiger partial charge is 0.190 e. The number of nitrogens with one attached hydrogen (secondary N) is 1. The van der Waals surface area contributed by atoms with Crippen LogP contribution in [-0.4, -0.2) is 42.1 Å². The van der Waals surface area contributed by atoms with Gasteiger partial charge in [0.25, 0.3) is 0 Å². The van der Waals surface area contributed by atoms with E-state index in [0.717, 1.165) is 54.0 Å². The van der Waals surface area contributed by atoms with Gasteiger partial charge in [0, 0.05) is 35.4 Å². The van der Waals surface area contributed by atoms with Gasteiger partial charge < -0.3 is 14.8 Å². The van der Waals surface area contributed by atoms with Crippen LogP contribution in [0.25, 0.3) is 10.9 Å². The minimum absolute atomic E-state index is 0.0338. The lowest BCUT2D eigenvalue weighted by Gasteiger charge is -2.14. The van der Waals surface area contributed by atoms with Crippen molar-refractivity contribution in [2.75, 3.05) is 25.6 Å². The molecule has 1 fully saturated rings. The van der Waals surface area contributed by atoms with Gasteiger partial charge in [0.2, 0.25) is 0 Å². The highest BCUT2D eigenvalue weighted by Gasteiger charge is 2.17. The molecule has 0 bridgehead atoms. The molecule has 0 amide bonds. The Kier molecular flexibility index (Phi) is 6.50. The lowest BCUT2D eigenvalue weighted by molar-refractivity contribution is 0.101. The lowest BCUT2D eigenvalue weighted by atomic mass is 10.1. The summed E-state index contributed by atoms with van der Waals surface area (Å²) in [5, 5.41) is 5.13. The van der Waals surface area contributed by atoms with Crippen LogP contribution in [0.4, 0.5) is 5.82 Å². The van der Waals surface area contributed by atoms with E-state index in [4.69, 9.17) is 19.4 Å². The van der Waals surface area contributed by atoms with Crippen molar-refractivity contribution in [3.63, 3.8) is 0 Å². The number of rotatable bonds is 8. The van der Waals surface area contributed by atoms with Crippen molar-refractivity contribution >= 4 is 34.3 Å². The summed E-state index contributed by atoms with van der Waals surface area (Å²) in [7, 11) is 1.64. The van der Waals surface area contributed by atoms with Crippen molar-refractivity contribution in [3.8, 4) is 5.75 Å². The molecular weight excluding hydrogens is 398 g/mol. The maximum absolute atomic E-state index is 11.8. The Bertz CT molecular complexity index is 1050. The fraction of sp³-hybridized carbons (Fsp3) is 0.348. The minimum Gasteiger partial charge on any atom is -0.496 e. The predicted molar refractivity (Wildman–Crippen MR) is 120 cm³/mol. The highest BCUT2D eigenvalue weighted by atomic mass is 32.2. The standard InChI is InChI=1S/C23H25N3O3S/c1-15(27)16-9-10-21(28-2)17(12-16)14-30-23-25-20-8-4-3-7-19(20)22(26-23)24-13-18-6-5-11-29-18/h3-4,7-10,12,18H,5-6,11,13-14H2,1-2H3,(H,24,25,26)/t18-/m0/s1. The number of anilines is 1. The van der Waals surface area contributed by atoms with E-state index in [1.54, 1.807) is 20.1 Å². The summed E-state index contributed by atoms with van der Waals surface area (Å²) in [5.41, 5.74) is 2.51. The Morgan fingerprint density at radius 1 is 1.27 bits per heavy atom. The van der Waals surface area contributed by atoms with Gasteiger partial charge in [-0.1, -0.05) is 23.9 Å². The van der Waals surface area contributed by atoms with Gasteiger partial charge in [-0.3, -0.25) is 4.79 Å². The number of hydrogen-bond donors (Lipinski definition) is 1. The van der Waals surface area contributed by atoms with E-state index >= 15 is 0 Å². The molecule has 30 heavy (non-hydrogen) atoms. The van der Waals surface area contributed by atoms with Crippen molar-refractivity contribution < 1.29 is 14.3 Å². The minimum atomic E-state index is 0.0338. The van der Waals surface area contributed by atoms with Crippen molar-refractivity contribution in [1.29, 1.82) is 0 Å². The number of nitrogens with zero attached hydrogens (tertiary/aromatic N) is 2. The molecule has 7 heteroatoms. The van der Waals surface area contributed by atoms with Crippen LogP contribution in [0.3, 0.4) is 0 Å². The molecule has 0 aliphatic carbocycles. The van der Waals surface area contributed by atoms with E-state index in [1.807, 2.05) is 36.4 Å². The molecule has 156 valence electrons. The molecule has 1 N–H and O–H groups in total. The first-order valence-electron chi connectivity index (χ1n) is 10.1. The van der Waals surface area contributed by atoms with Crippen LogP contribution in [0.1, 0.15) is 35.7 Å². The molecule has 0 saturated carbocycles. The van der Waals surface area contributed by atoms with Crippen molar-refractivity contribution in [2.45, 2.75) is 36.8 Å². The van der Waals surface area contributed by atoms with Gasteiger partial charge >= 0.3 is 0 Å². The molecule has 2 heterocycles. The summed E-state index contributed by atoms with van der Waals surface area (Å²) in [6.07, 6.45) is 2.41. The van der Waals surface area contributed by atoms with Crippen molar-refractivity contribution in [1.82, 2.24) is 9.97 Å². The van der Waals surface area contributed by atoms with Gasteiger partial charge in [0.15, 0.2) is 10.9 Å². The SMILES string of the molecule is COc1ccc(C(C)=O)cc1CSc1nc(NC[C@@H]2CCCO2)c2ccccc2n1. The Balaban J connectivity index is 1.57. The zero-order chi connectivity index (χ0) is 20.9. The van der Waals surface area contributed by atoms with E-state index in [0.29, 0.717) is 16.5 Å². The van der Waals surface area contributed by atoms with Gasteiger partial charge in [-0.2, -0.15) is 0 Å². The largest absolute Gasteiger partial charge is 0.496 e. The number of carbonyl (C=O) groups excluding carboxylic acids is 1. The third-order valence-corrected chi connectivity index (χ3v) is 6.04. The number of benzene rings is 2. The number of methoxy groups -OCH3 is 1. The number of fused-ring (bicyclic) bond motifs is 1. The summed E-state index contributed by atoms with van der Waals surface area (Å²) in [4.78, 5) is 21.2. The van der Waals surface area contributed by atoms with Crippen LogP contribution in [0.5, 0.6) is 5.75 Å². The molecular formula is C23H25N3O3S. The molecule has 3 aromatic rings. The molecule has 2 aromatic carbocycles. The predicted octanol–water partition coefficient (Wildman–Crippen LogP) is 4.72. The number of ketones is 1. The first-order chi connectivity index (χ1) is 14.6. The summed E-state index contributed by atoms with van der Waals surface area (Å²) >= 11 is 1.53. The second-order valence-corrected chi connectivity index (χ2v) is 8.20. The molecule has 0 spiro atoms. The zero-order valence-corrected chi connectivity index (χ0v) is 18.0. The quantitative estimate of drug-likeness (QED) is 0.319. The molecule has 0 unspecified atom stereocenters. The normalized spacial score (nSPS) is 16.0. The lowest BCUT2D eigenvalue weighted by Crippen LogP contribution is -2.19. The maximum Gasteiger partial charge on any atom is 0.190 e. The Labute approximate surface area is 180 Å². The van der Waals surface area contributed by atoms with E-state index in [2.05, 4.69) is 5.32 Å². The maximum atomic E-state index is 11.8. The number of thioether (sulfide) groups is 1. The number of carbonyl (C=O) groups is 1. The van der Waals surface area contributed by atoms with Gasteiger partial charge in [-0.25, -0.2) is 9.97 Å². The van der Waals surface area contributed by atoms with Crippen LogP contribution in [0, 0.1) is 0 Å². The number of ether oxygens (including phenoxy) is 2. The Hall–Kier alpha value is -2.64. The molecule has 1 aromatic heterocycles. The first-order valence-corrected chi connectivity index (χ1v) is 11.1. The molecule has 1 atom stereocenters. The second-order valence-electron chi connectivity index (χ2n) is 7.26. The van der Waals surface area contributed by atoms with Gasteiger partial charge in [0.05, 0.1) is 18.7 Å². The average Bonchev–Trinajstić information content (AvgIpc) is 3.29. The molecule has 6 nitrogen and oxygen atoms in total. The highest BCUT2D eigenvalue weighted by Crippen LogP contribution is 2.30. The van der Waals surface area contributed by atoms with Crippen LogP contribution in [0.15, 0.2) is 47.6 Å². The molecule has 0 radical (unpaired) electrons. The third-order valence-electron chi connectivity index (χ3n) is 5.15. The molecule has 1 saturated heterocycles.